The van der Waals surface area contributed by atoms with Crippen molar-refractivity contribution in [1.82, 2.24) is 10.2 Å². The van der Waals surface area contributed by atoms with Crippen LogP contribution in [0.2, 0.25) is 0 Å². The standard InChI is InChI=1S/C21H26N2O2/c1-15-6-4-5-7-16(15)13-21(24)22-14-20-19-9-8-18(25-3)12-17(19)10-11-23(20)2/h4-9,12,20H,10-11,13-14H2,1-3H3,(H,22,24). The number of hydrogen-bond acceptors (Lipinski definition) is 3. The molecule has 4 nitrogen and oxygen atoms in total. The number of benzene rings is 2. The van der Waals surface area contributed by atoms with E-state index in [2.05, 4.69) is 29.4 Å². The lowest BCUT2D eigenvalue weighted by molar-refractivity contribution is -0.120. The smallest absolute Gasteiger partial charge is 0.224 e. The first-order chi connectivity index (χ1) is 12.1. The van der Waals surface area contributed by atoms with Crippen LogP contribution < -0.4 is 10.1 Å². The highest BCUT2D eigenvalue weighted by atomic mass is 16.5. The summed E-state index contributed by atoms with van der Waals surface area (Å²) in [7, 11) is 3.81. The molecule has 0 aliphatic carbocycles. The fraction of sp³-hybridized carbons (Fsp3) is 0.381. The van der Waals surface area contributed by atoms with Crippen molar-refractivity contribution in [3.8, 4) is 5.75 Å². The summed E-state index contributed by atoms with van der Waals surface area (Å²) in [4.78, 5) is 14.7. The number of carbonyl (C=O) groups excluding carboxylic acids is 1. The number of amides is 1. The minimum Gasteiger partial charge on any atom is -0.497 e. The van der Waals surface area contributed by atoms with Crippen LogP contribution >= 0.6 is 0 Å². The highest BCUT2D eigenvalue weighted by Crippen LogP contribution is 2.30. The molecule has 25 heavy (non-hydrogen) atoms. The third-order valence-corrected chi connectivity index (χ3v) is 5.08. The fourth-order valence-electron chi connectivity index (χ4n) is 3.46. The summed E-state index contributed by atoms with van der Waals surface area (Å²) < 4.78 is 5.33. The van der Waals surface area contributed by atoms with E-state index in [4.69, 9.17) is 4.74 Å². The molecule has 0 saturated carbocycles. The van der Waals surface area contributed by atoms with Gasteiger partial charge in [0.25, 0.3) is 0 Å². The quantitative estimate of drug-likeness (QED) is 0.911. The maximum Gasteiger partial charge on any atom is 0.224 e. The molecule has 0 bridgehead atoms. The van der Waals surface area contributed by atoms with E-state index in [9.17, 15) is 4.79 Å². The summed E-state index contributed by atoms with van der Waals surface area (Å²) in [6, 6.07) is 14.5. The summed E-state index contributed by atoms with van der Waals surface area (Å²) in [5.74, 6) is 0.967. The van der Waals surface area contributed by atoms with Gasteiger partial charge in [0.1, 0.15) is 5.75 Å². The van der Waals surface area contributed by atoms with E-state index in [0.29, 0.717) is 13.0 Å². The van der Waals surface area contributed by atoms with Gasteiger partial charge in [-0.3, -0.25) is 9.69 Å². The molecular formula is C21H26N2O2. The van der Waals surface area contributed by atoms with Crippen molar-refractivity contribution in [2.45, 2.75) is 25.8 Å². The van der Waals surface area contributed by atoms with Crippen LogP contribution in [-0.2, 0) is 17.6 Å². The Morgan fingerprint density at radius 1 is 1.28 bits per heavy atom. The first-order valence-electron chi connectivity index (χ1n) is 8.76. The second-order valence-electron chi connectivity index (χ2n) is 6.72. The van der Waals surface area contributed by atoms with E-state index in [1.165, 1.54) is 11.1 Å². The zero-order chi connectivity index (χ0) is 17.8. The molecule has 4 heteroatoms. The Hall–Kier alpha value is -2.33. The molecule has 3 rings (SSSR count). The number of rotatable bonds is 5. The predicted molar refractivity (Wildman–Crippen MR) is 100.0 cm³/mol. The van der Waals surface area contributed by atoms with Gasteiger partial charge in [-0.15, -0.1) is 0 Å². The Morgan fingerprint density at radius 2 is 2.08 bits per heavy atom. The van der Waals surface area contributed by atoms with Crippen molar-refractivity contribution >= 4 is 5.91 Å². The van der Waals surface area contributed by atoms with E-state index in [-0.39, 0.29) is 11.9 Å². The van der Waals surface area contributed by atoms with Gasteiger partial charge in [-0.05, 0) is 54.8 Å². The first kappa shape index (κ1) is 17.5. The molecule has 1 amide bonds. The summed E-state index contributed by atoms with van der Waals surface area (Å²) >= 11 is 0. The first-order valence-corrected chi connectivity index (χ1v) is 8.76. The van der Waals surface area contributed by atoms with Gasteiger partial charge in [0.2, 0.25) is 5.91 Å². The molecule has 1 aliphatic rings. The van der Waals surface area contributed by atoms with Gasteiger partial charge in [-0.2, -0.15) is 0 Å². The van der Waals surface area contributed by atoms with Gasteiger partial charge in [-0.25, -0.2) is 0 Å². The molecule has 1 N–H and O–H groups in total. The molecule has 0 aromatic heterocycles. The highest BCUT2D eigenvalue weighted by molar-refractivity contribution is 5.79. The van der Waals surface area contributed by atoms with Crippen molar-refractivity contribution in [1.29, 1.82) is 0 Å². The summed E-state index contributed by atoms with van der Waals surface area (Å²) in [6.45, 7) is 3.65. The van der Waals surface area contributed by atoms with Crippen LogP contribution in [0, 0.1) is 6.92 Å². The number of likely N-dealkylation sites (N-methyl/N-ethyl adjacent to an activating group) is 1. The Kier molecular flexibility index (Phi) is 5.39. The van der Waals surface area contributed by atoms with Gasteiger partial charge in [0.05, 0.1) is 19.6 Å². The second-order valence-corrected chi connectivity index (χ2v) is 6.72. The molecule has 0 saturated heterocycles. The van der Waals surface area contributed by atoms with Crippen LogP contribution in [0.15, 0.2) is 42.5 Å². The molecule has 2 aromatic carbocycles. The molecule has 2 aromatic rings. The van der Waals surface area contributed by atoms with Crippen LogP contribution in [-0.4, -0.2) is 38.1 Å². The van der Waals surface area contributed by atoms with Gasteiger partial charge >= 0.3 is 0 Å². The van der Waals surface area contributed by atoms with Crippen molar-refractivity contribution in [3.63, 3.8) is 0 Å². The largest absolute Gasteiger partial charge is 0.497 e. The molecule has 0 spiro atoms. The van der Waals surface area contributed by atoms with Crippen molar-refractivity contribution < 1.29 is 9.53 Å². The number of carbonyl (C=O) groups is 1. The average molecular weight is 338 g/mol. The van der Waals surface area contributed by atoms with E-state index in [0.717, 1.165) is 29.8 Å². The van der Waals surface area contributed by atoms with Gasteiger partial charge in [-0.1, -0.05) is 30.3 Å². The number of nitrogens with one attached hydrogen (secondary N) is 1. The minimum atomic E-state index is 0.0725. The molecule has 0 fully saturated rings. The van der Waals surface area contributed by atoms with Crippen molar-refractivity contribution in [2.24, 2.45) is 0 Å². The van der Waals surface area contributed by atoms with E-state index in [1.807, 2.05) is 37.3 Å². The van der Waals surface area contributed by atoms with Crippen LogP contribution in [0.3, 0.4) is 0 Å². The number of fused-ring (bicyclic) bond motifs is 1. The molecule has 0 radical (unpaired) electrons. The molecular weight excluding hydrogens is 312 g/mol. The monoisotopic (exact) mass is 338 g/mol. The van der Waals surface area contributed by atoms with Gasteiger partial charge in [0, 0.05) is 13.1 Å². The van der Waals surface area contributed by atoms with Gasteiger partial charge < -0.3 is 10.1 Å². The van der Waals surface area contributed by atoms with Gasteiger partial charge in [0.15, 0.2) is 0 Å². The number of methoxy groups -OCH3 is 1. The Labute approximate surface area is 149 Å². The topological polar surface area (TPSA) is 41.6 Å². The zero-order valence-corrected chi connectivity index (χ0v) is 15.2. The van der Waals surface area contributed by atoms with E-state index in [1.54, 1.807) is 7.11 Å². The number of aryl methyl sites for hydroxylation is 1. The maximum absolute atomic E-state index is 12.4. The summed E-state index contributed by atoms with van der Waals surface area (Å²) in [6.07, 6.45) is 1.44. The van der Waals surface area contributed by atoms with Crippen LogP contribution in [0.25, 0.3) is 0 Å². The number of nitrogens with zero attached hydrogens (tertiary/aromatic N) is 1. The minimum absolute atomic E-state index is 0.0725. The molecule has 1 heterocycles. The highest BCUT2D eigenvalue weighted by Gasteiger charge is 2.25. The Bertz CT molecular complexity index is 757. The third kappa shape index (κ3) is 4.02. The van der Waals surface area contributed by atoms with Crippen molar-refractivity contribution in [3.05, 3.63) is 64.7 Å². The molecule has 132 valence electrons. The fourth-order valence-corrected chi connectivity index (χ4v) is 3.46. The summed E-state index contributed by atoms with van der Waals surface area (Å²) in [5.41, 5.74) is 4.84. The number of ether oxygens (including phenoxy) is 1. The van der Waals surface area contributed by atoms with Crippen LogP contribution in [0.4, 0.5) is 0 Å². The summed E-state index contributed by atoms with van der Waals surface area (Å²) in [5, 5.41) is 3.12. The van der Waals surface area contributed by atoms with Crippen LogP contribution in [0.5, 0.6) is 5.75 Å². The zero-order valence-electron chi connectivity index (χ0n) is 15.2. The van der Waals surface area contributed by atoms with E-state index >= 15 is 0 Å². The third-order valence-electron chi connectivity index (χ3n) is 5.08. The molecule has 1 atom stereocenters. The lowest BCUT2D eigenvalue weighted by Crippen LogP contribution is -2.40. The maximum atomic E-state index is 12.4. The average Bonchev–Trinajstić information content (AvgIpc) is 2.62. The lowest BCUT2D eigenvalue weighted by Gasteiger charge is -2.35. The lowest BCUT2D eigenvalue weighted by atomic mass is 9.92. The molecule has 1 aliphatic heterocycles. The Balaban J connectivity index is 1.67. The Morgan fingerprint density at radius 3 is 2.84 bits per heavy atom. The number of hydrogen-bond donors (Lipinski definition) is 1. The second kappa shape index (κ2) is 7.70. The molecule has 1 unspecified atom stereocenters. The predicted octanol–water partition coefficient (Wildman–Crippen LogP) is 2.89. The van der Waals surface area contributed by atoms with Crippen LogP contribution in [0.1, 0.15) is 28.3 Å². The van der Waals surface area contributed by atoms with E-state index < -0.39 is 0 Å². The SMILES string of the molecule is COc1ccc2c(c1)CCN(C)C2CNC(=O)Cc1ccccc1C. The van der Waals surface area contributed by atoms with Crippen molar-refractivity contribution in [2.75, 3.05) is 27.2 Å². The normalized spacial score (nSPS) is 17.0.